The fourth-order valence-corrected chi connectivity index (χ4v) is 3.73. The number of hydrogen-bond donors (Lipinski definition) is 0. The van der Waals surface area contributed by atoms with Gasteiger partial charge in [-0.2, -0.15) is 0 Å². The maximum atomic E-state index is 12.7. The van der Waals surface area contributed by atoms with Crippen LogP contribution in [0.5, 0.6) is 0 Å². The van der Waals surface area contributed by atoms with Gasteiger partial charge in [0.2, 0.25) is 0 Å². The molecule has 0 unspecified atom stereocenters. The number of rotatable bonds is 4. The molecule has 3 heteroatoms. The maximum Gasteiger partial charge on any atom is 0.255 e. The van der Waals surface area contributed by atoms with Crippen molar-refractivity contribution in [2.24, 2.45) is 5.92 Å². The Morgan fingerprint density at radius 3 is 2.48 bits per heavy atom. The number of hydrogen-bond acceptors (Lipinski definition) is 1. The first-order valence-electron chi connectivity index (χ1n) is 8.35. The SMILES string of the molecule is Cc1cc(C(=O)N(C)CC(C)C)c(C)n1C1CCCCC1. The standard InChI is InChI=1S/C18H30N2O/c1-13(2)12-19(5)18(21)17-11-14(3)20(15(17)4)16-9-7-6-8-10-16/h11,13,16H,6-10,12H2,1-5H3. The van der Waals surface area contributed by atoms with Gasteiger partial charge < -0.3 is 9.47 Å². The second-order valence-corrected chi connectivity index (χ2v) is 7.03. The van der Waals surface area contributed by atoms with Crippen molar-refractivity contribution in [2.75, 3.05) is 13.6 Å². The average molecular weight is 290 g/mol. The highest BCUT2D eigenvalue weighted by Crippen LogP contribution is 2.32. The molecular weight excluding hydrogens is 260 g/mol. The largest absolute Gasteiger partial charge is 0.345 e. The molecule has 1 aliphatic carbocycles. The van der Waals surface area contributed by atoms with Crippen LogP contribution in [0.15, 0.2) is 6.07 Å². The summed E-state index contributed by atoms with van der Waals surface area (Å²) in [5.41, 5.74) is 3.28. The third-order valence-electron chi connectivity index (χ3n) is 4.64. The average Bonchev–Trinajstić information content (AvgIpc) is 2.73. The number of aryl methyl sites for hydroxylation is 1. The van der Waals surface area contributed by atoms with Crippen molar-refractivity contribution in [1.29, 1.82) is 0 Å². The Labute approximate surface area is 129 Å². The van der Waals surface area contributed by atoms with Crippen LogP contribution in [0.3, 0.4) is 0 Å². The highest BCUT2D eigenvalue weighted by molar-refractivity contribution is 5.95. The van der Waals surface area contributed by atoms with Crippen LogP contribution in [0.1, 0.15) is 73.7 Å². The van der Waals surface area contributed by atoms with Gasteiger partial charge >= 0.3 is 0 Å². The smallest absolute Gasteiger partial charge is 0.255 e. The molecule has 0 radical (unpaired) electrons. The van der Waals surface area contributed by atoms with Crippen LogP contribution in [0, 0.1) is 19.8 Å². The van der Waals surface area contributed by atoms with E-state index in [0.717, 1.165) is 17.8 Å². The molecule has 1 aromatic rings. The number of nitrogens with zero attached hydrogens (tertiary/aromatic N) is 2. The van der Waals surface area contributed by atoms with E-state index >= 15 is 0 Å². The van der Waals surface area contributed by atoms with Gasteiger partial charge in [0.15, 0.2) is 0 Å². The van der Waals surface area contributed by atoms with Crippen LogP contribution in [-0.2, 0) is 0 Å². The van der Waals surface area contributed by atoms with Crippen molar-refractivity contribution < 1.29 is 4.79 Å². The fourth-order valence-electron chi connectivity index (χ4n) is 3.73. The summed E-state index contributed by atoms with van der Waals surface area (Å²) >= 11 is 0. The van der Waals surface area contributed by atoms with E-state index in [1.165, 1.54) is 37.8 Å². The molecule has 118 valence electrons. The predicted molar refractivity (Wildman–Crippen MR) is 87.8 cm³/mol. The second kappa shape index (κ2) is 6.67. The third kappa shape index (κ3) is 3.50. The second-order valence-electron chi connectivity index (χ2n) is 7.03. The van der Waals surface area contributed by atoms with E-state index in [4.69, 9.17) is 0 Å². The monoisotopic (exact) mass is 290 g/mol. The Bertz CT molecular complexity index is 496. The van der Waals surface area contributed by atoms with Crippen molar-refractivity contribution in [2.45, 2.75) is 65.8 Å². The van der Waals surface area contributed by atoms with E-state index in [-0.39, 0.29) is 5.91 Å². The molecule has 1 heterocycles. The lowest BCUT2D eigenvalue weighted by molar-refractivity contribution is 0.0778. The Balaban J connectivity index is 2.23. The highest BCUT2D eigenvalue weighted by Gasteiger charge is 2.24. The van der Waals surface area contributed by atoms with Gasteiger partial charge in [-0.15, -0.1) is 0 Å². The number of carbonyl (C=O) groups excluding carboxylic acids is 1. The summed E-state index contributed by atoms with van der Waals surface area (Å²) in [5.74, 6) is 0.666. The van der Waals surface area contributed by atoms with Crippen molar-refractivity contribution in [3.05, 3.63) is 23.0 Å². The number of amides is 1. The first-order valence-corrected chi connectivity index (χ1v) is 8.35. The van der Waals surface area contributed by atoms with Crippen molar-refractivity contribution in [3.8, 4) is 0 Å². The van der Waals surface area contributed by atoms with E-state index in [0.29, 0.717) is 12.0 Å². The summed E-state index contributed by atoms with van der Waals surface area (Å²) in [4.78, 5) is 14.5. The fraction of sp³-hybridized carbons (Fsp3) is 0.722. The molecule has 0 spiro atoms. The van der Waals surface area contributed by atoms with Crippen molar-refractivity contribution in [3.63, 3.8) is 0 Å². The van der Waals surface area contributed by atoms with Crippen LogP contribution in [-0.4, -0.2) is 29.0 Å². The van der Waals surface area contributed by atoms with Crippen LogP contribution < -0.4 is 0 Å². The molecule has 0 aromatic carbocycles. The number of carbonyl (C=O) groups is 1. The third-order valence-corrected chi connectivity index (χ3v) is 4.64. The van der Waals surface area contributed by atoms with E-state index in [1.54, 1.807) is 0 Å². The van der Waals surface area contributed by atoms with E-state index < -0.39 is 0 Å². The summed E-state index contributed by atoms with van der Waals surface area (Å²) in [6, 6.07) is 2.68. The molecule has 2 rings (SSSR count). The zero-order valence-corrected chi connectivity index (χ0v) is 14.3. The molecule has 0 bridgehead atoms. The van der Waals surface area contributed by atoms with E-state index in [2.05, 4.69) is 38.3 Å². The number of aromatic nitrogens is 1. The Morgan fingerprint density at radius 1 is 1.29 bits per heavy atom. The molecule has 1 saturated carbocycles. The highest BCUT2D eigenvalue weighted by atomic mass is 16.2. The lowest BCUT2D eigenvalue weighted by Crippen LogP contribution is -2.30. The van der Waals surface area contributed by atoms with Gasteiger partial charge in [-0.1, -0.05) is 33.1 Å². The van der Waals surface area contributed by atoms with Crippen LogP contribution >= 0.6 is 0 Å². The minimum Gasteiger partial charge on any atom is -0.345 e. The predicted octanol–water partition coefficient (Wildman–Crippen LogP) is 4.34. The minimum absolute atomic E-state index is 0.166. The molecule has 1 amide bonds. The van der Waals surface area contributed by atoms with E-state index in [1.807, 2.05) is 11.9 Å². The molecular formula is C18H30N2O. The zero-order valence-electron chi connectivity index (χ0n) is 14.3. The molecule has 0 aliphatic heterocycles. The van der Waals surface area contributed by atoms with Gasteiger partial charge in [0.25, 0.3) is 5.91 Å². The van der Waals surface area contributed by atoms with Gasteiger partial charge in [-0.05, 0) is 38.7 Å². The quantitative estimate of drug-likeness (QED) is 0.810. The lowest BCUT2D eigenvalue weighted by Gasteiger charge is -2.26. The van der Waals surface area contributed by atoms with E-state index in [9.17, 15) is 4.79 Å². The van der Waals surface area contributed by atoms with Gasteiger partial charge in [0.1, 0.15) is 0 Å². The lowest BCUT2D eigenvalue weighted by atomic mass is 9.95. The van der Waals surface area contributed by atoms with Gasteiger partial charge in [0.05, 0.1) is 5.56 Å². The Kier molecular flexibility index (Phi) is 5.13. The normalized spacial score (nSPS) is 16.5. The minimum atomic E-state index is 0.166. The first kappa shape index (κ1) is 16.1. The Morgan fingerprint density at radius 2 is 1.90 bits per heavy atom. The van der Waals surface area contributed by atoms with Gasteiger partial charge in [-0.25, -0.2) is 0 Å². The zero-order chi connectivity index (χ0) is 15.6. The Hall–Kier alpha value is -1.25. The summed E-state index contributed by atoms with van der Waals surface area (Å²) < 4.78 is 2.41. The summed E-state index contributed by atoms with van der Waals surface area (Å²) in [6.45, 7) is 9.36. The molecule has 1 fully saturated rings. The summed E-state index contributed by atoms with van der Waals surface area (Å²) in [5, 5.41) is 0. The van der Waals surface area contributed by atoms with Crippen LogP contribution in [0.2, 0.25) is 0 Å². The maximum absolute atomic E-state index is 12.7. The molecule has 0 N–H and O–H groups in total. The first-order chi connectivity index (χ1) is 9.91. The molecule has 0 atom stereocenters. The van der Waals surface area contributed by atoms with Crippen molar-refractivity contribution in [1.82, 2.24) is 9.47 Å². The topological polar surface area (TPSA) is 25.2 Å². The van der Waals surface area contributed by atoms with Crippen LogP contribution in [0.4, 0.5) is 0 Å². The summed E-state index contributed by atoms with van der Waals surface area (Å²) in [7, 11) is 1.91. The molecule has 21 heavy (non-hydrogen) atoms. The molecule has 1 aliphatic rings. The van der Waals surface area contributed by atoms with Crippen molar-refractivity contribution >= 4 is 5.91 Å². The van der Waals surface area contributed by atoms with Crippen LogP contribution in [0.25, 0.3) is 0 Å². The van der Waals surface area contributed by atoms with Gasteiger partial charge in [0, 0.05) is 31.0 Å². The molecule has 0 saturated heterocycles. The molecule has 3 nitrogen and oxygen atoms in total. The summed E-state index contributed by atoms with van der Waals surface area (Å²) in [6.07, 6.45) is 6.51. The van der Waals surface area contributed by atoms with Gasteiger partial charge in [-0.3, -0.25) is 4.79 Å². The molecule has 1 aromatic heterocycles.